The molecular formula is C15H18N2O4. The highest BCUT2D eigenvalue weighted by Gasteiger charge is 2.36. The van der Waals surface area contributed by atoms with E-state index in [0.717, 1.165) is 0 Å². The standard InChI is InChI=1S/C15H18N2O4/c1-4-21-15(20)11-5-7-12(8-6-11)17-9(2)13(18)16-14(19)10(17)3/h5-10H,4H2,1-3H3,(H,16,18,19). The number of rotatable bonds is 3. The Balaban J connectivity index is 2.26. The molecule has 1 aromatic carbocycles. The zero-order valence-corrected chi connectivity index (χ0v) is 12.3. The van der Waals surface area contributed by atoms with Crippen molar-refractivity contribution in [3.63, 3.8) is 0 Å². The molecule has 1 N–H and O–H groups in total. The number of imide groups is 1. The molecule has 2 amide bonds. The predicted molar refractivity (Wildman–Crippen MR) is 77.0 cm³/mol. The van der Waals surface area contributed by atoms with Crippen molar-refractivity contribution in [2.45, 2.75) is 32.9 Å². The summed E-state index contributed by atoms with van der Waals surface area (Å²) in [7, 11) is 0. The van der Waals surface area contributed by atoms with Gasteiger partial charge in [0.15, 0.2) is 0 Å². The molecule has 1 aromatic rings. The Hall–Kier alpha value is -2.37. The van der Waals surface area contributed by atoms with Crippen molar-refractivity contribution in [1.29, 1.82) is 0 Å². The highest BCUT2D eigenvalue weighted by atomic mass is 16.5. The summed E-state index contributed by atoms with van der Waals surface area (Å²) in [6.45, 7) is 5.53. The third-order valence-electron chi connectivity index (χ3n) is 3.52. The van der Waals surface area contributed by atoms with Crippen LogP contribution in [-0.4, -0.2) is 36.5 Å². The van der Waals surface area contributed by atoms with Crippen LogP contribution in [-0.2, 0) is 14.3 Å². The van der Waals surface area contributed by atoms with E-state index in [2.05, 4.69) is 5.32 Å². The van der Waals surface area contributed by atoms with Crippen LogP contribution in [0.15, 0.2) is 24.3 Å². The first-order chi connectivity index (χ1) is 9.95. The average molecular weight is 290 g/mol. The molecule has 2 atom stereocenters. The van der Waals surface area contributed by atoms with E-state index in [1.54, 1.807) is 49.9 Å². The summed E-state index contributed by atoms with van der Waals surface area (Å²) < 4.78 is 4.92. The van der Waals surface area contributed by atoms with Crippen LogP contribution in [0.5, 0.6) is 0 Å². The molecule has 1 heterocycles. The van der Waals surface area contributed by atoms with Crippen LogP contribution in [0.2, 0.25) is 0 Å². The van der Waals surface area contributed by atoms with Gasteiger partial charge < -0.3 is 9.64 Å². The number of hydrogen-bond donors (Lipinski definition) is 1. The summed E-state index contributed by atoms with van der Waals surface area (Å²) in [5, 5.41) is 2.33. The van der Waals surface area contributed by atoms with Gasteiger partial charge in [0.1, 0.15) is 12.1 Å². The van der Waals surface area contributed by atoms with Crippen molar-refractivity contribution in [1.82, 2.24) is 5.32 Å². The van der Waals surface area contributed by atoms with Crippen molar-refractivity contribution >= 4 is 23.5 Å². The van der Waals surface area contributed by atoms with Gasteiger partial charge in [0.2, 0.25) is 11.8 Å². The van der Waals surface area contributed by atoms with Crippen LogP contribution >= 0.6 is 0 Å². The zero-order chi connectivity index (χ0) is 15.6. The Kier molecular flexibility index (Phi) is 4.26. The second-order valence-electron chi connectivity index (χ2n) is 4.88. The number of hydrogen-bond acceptors (Lipinski definition) is 5. The molecule has 0 saturated carbocycles. The molecule has 0 radical (unpaired) electrons. The first-order valence-corrected chi connectivity index (χ1v) is 6.86. The van der Waals surface area contributed by atoms with Gasteiger partial charge in [-0.05, 0) is 45.0 Å². The Labute approximate surface area is 123 Å². The molecule has 1 aliphatic rings. The van der Waals surface area contributed by atoms with E-state index in [-0.39, 0.29) is 11.8 Å². The van der Waals surface area contributed by atoms with Gasteiger partial charge in [0.05, 0.1) is 12.2 Å². The maximum atomic E-state index is 11.7. The van der Waals surface area contributed by atoms with Gasteiger partial charge in [-0.2, -0.15) is 0 Å². The molecule has 0 aliphatic carbocycles. The average Bonchev–Trinajstić information content (AvgIpc) is 2.46. The van der Waals surface area contributed by atoms with E-state index in [1.165, 1.54) is 0 Å². The molecule has 112 valence electrons. The quantitative estimate of drug-likeness (QED) is 0.666. The number of anilines is 1. The number of nitrogens with zero attached hydrogens (tertiary/aromatic N) is 1. The van der Waals surface area contributed by atoms with Crippen molar-refractivity contribution < 1.29 is 19.1 Å². The minimum Gasteiger partial charge on any atom is -0.462 e. The van der Waals surface area contributed by atoms with Crippen LogP contribution in [0.25, 0.3) is 0 Å². The number of benzene rings is 1. The van der Waals surface area contributed by atoms with E-state index < -0.39 is 18.1 Å². The molecule has 1 aliphatic heterocycles. The fourth-order valence-electron chi connectivity index (χ4n) is 2.35. The number of piperazine rings is 1. The van der Waals surface area contributed by atoms with Crippen LogP contribution in [0.1, 0.15) is 31.1 Å². The molecule has 2 unspecified atom stereocenters. The van der Waals surface area contributed by atoms with Crippen molar-refractivity contribution in [3.05, 3.63) is 29.8 Å². The summed E-state index contributed by atoms with van der Waals surface area (Å²) >= 11 is 0. The topological polar surface area (TPSA) is 75.7 Å². The molecule has 2 rings (SSSR count). The molecular weight excluding hydrogens is 272 g/mol. The monoisotopic (exact) mass is 290 g/mol. The number of amides is 2. The lowest BCUT2D eigenvalue weighted by atomic mass is 10.1. The van der Waals surface area contributed by atoms with Crippen LogP contribution < -0.4 is 10.2 Å². The minimum absolute atomic E-state index is 0.315. The van der Waals surface area contributed by atoms with Crippen LogP contribution in [0.4, 0.5) is 5.69 Å². The van der Waals surface area contributed by atoms with Gasteiger partial charge >= 0.3 is 5.97 Å². The summed E-state index contributed by atoms with van der Waals surface area (Å²) in [4.78, 5) is 36.8. The smallest absolute Gasteiger partial charge is 0.338 e. The van der Waals surface area contributed by atoms with Gasteiger partial charge in [-0.25, -0.2) is 4.79 Å². The largest absolute Gasteiger partial charge is 0.462 e. The summed E-state index contributed by atoms with van der Waals surface area (Å²) in [6, 6.07) is 5.78. The SMILES string of the molecule is CCOC(=O)c1ccc(N2C(C)C(=O)NC(=O)C2C)cc1. The van der Waals surface area contributed by atoms with E-state index in [4.69, 9.17) is 4.74 Å². The highest BCUT2D eigenvalue weighted by molar-refractivity contribution is 6.06. The molecule has 1 saturated heterocycles. The number of ether oxygens (including phenoxy) is 1. The van der Waals surface area contributed by atoms with Crippen molar-refractivity contribution in [2.24, 2.45) is 0 Å². The Morgan fingerprint density at radius 2 is 1.67 bits per heavy atom. The highest BCUT2D eigenvalue weighted by Crippen LogP contribution is 2.23. The number of carbonyl (C=O) groups excluding carboxylic acids is 3. The molecule has 1 fully saturated rings. The second kappa shape index (κ2) is 5.95. The first kappa shape index (κ1) is 15.0. The lowest BCUT2D eigenvalue weighted by Crippen LogP contribution is -2.61. The van der Waals surface area contributed by atoms with E-state index >= 15 is 0 Å². The summed E-state index contributed by atoms with van der Waals surface area (Å²) in [5.74, 6) is -1.04. The fraction of sp³-hybridized carbons (Fsp3) is 0.400. The molecule has 0 aromatic heterocycles. The second-order valence-corrected chi connectivity index (χ2v) is 4.88. The zero-order valence-electron chi connectivity index (χ0n) is 12.3. The Morgan fingerprint density at radius 3 is 2.14 bits per heavy atom. The molecule has 0 bridgehead atoms. The van der Waals surface area contributed by atoms with Crippen molar-refractivity contribution in [2.75, 3.05) is 11.5 Å². The van der Waals surface area contributed by atoms with Gasteiger partial charge in [0.25, 0.3) is 0 Å². The lowest BCUT2D eigenvalue weighted by molar-refractivity contribution is -0.134. The van der Waals surface area contributed by atoms with Gasteiger partial charge in [-0.15, -0.1) is 0 Å². The molecule has 21 heavy (non-hydrogen) atoms. The molecule has 6 nitrogen and oxygen atoms in total. The maximum Gasteiger partial charge on any atom is 0.338 e. The normalized spacial score (nSPS) is 22.0. The summed E-state index contributed by atoms with van der Waals surface area (Å²) in [6.07, 6.45) is 0. The fourth-order valence-corrected chi connectivity index (χ4v) is 2.35. The van der Waals surface area contributed by atoms with Crippen LogP contribution in [0, 0.1) is 0 Å². The minimum atomic E-state index is -0.453. The van der Waals surface area contributed by atoms with E-state index in [9.17, 15) is 14.4 Å². The molecule has 0 spiro atoms. The Morgan fingerprint density at radius 1 is 1.14 bits per heavy atom. The number of nitrogens with one attached hydrogen (secondary N) is 1. The van der Waals surface area contributed by atoms with Crippen LogP contribution in [0.3, 0.4) is 0 Å². The van der Waals surface area contributed by atoms with Gasteiger partial charge in [-0.3, -0.25) is 14.9 Å². The van der Waals surface area contributed by atoms with Crippen molar-refractivity contribution in [3.8, 4) is 0 Å². The van der Waals surface area contributed by atoms with Gasteiger partial charge in [0, 0.05) is 5.69 Å². The van der Waals surface area contributed by atoms with Gasteiger partial charge in [-0.1, -0.05) is 0 Å². The van der Waals surface area contributed by atoms with E-state index in [0.29, 0.717) is 17.9 Å². The summed E-state index contributed by atoms with van der Waals surface area (Å²) in [5.41, 5.74) is 1.15. The lowest BCUT2D eigenvalue weighted by Gasteiger charge is -2.38. The number of esters is 1. The van der Waals surface area contributed by atoms with E-state index in [1.807, 2.05) is 0 Å². The molecule has 6 heteroatoms. The third-order valence-corrected chi connectivity index (χ3v) is 3.52. The third kappa shape index (κ3) is 2.89. The number of carbonyl (C=O) groups is 3. The Bertz CT molecular complexity index is 548. The predicted octanol–water partition coefficient (Wildman–Crippen LogP) is 1.10. The maximum absolute atomic E-state index is 11.7. The first-order valence-electron chi connectivity index (χ1n) is 6.86.